The quantitative estimate of drug-likeness (QED) is 0.862. The fraction of sp³-hybridized carbons (Fsp3) is 0.176. The van der Waals surface area contributed by atoms with Crippen molar-refractivity contribution < 1.29 is 18.7 Å². The molecule has 1 amide bonds. The first-order chi connectivity index (χ1) is 10.9. The average Bonchev–Trinajstić information content (AvgIpc) is 2.48. The summed E-state index contributed by atoms with van der Waals surface area (Å²) in [5.74, 6) is -1.82. The van der Waals surface area contributed by atoms with Gasteiger partial charge in [-0.25, -0.2) is 9.18 Å². The molecule has 0 unspecified atom stereocenters. The number of anilines is 1. The number of aryl methyl sites for hydroxylation is 2. The van der Waals surface area contributed by atoms with Gasteiger partial charge in [-0.15, -0.1) is 0 Å². The van der Waals surface area contributed by atoms with E-state index in [-0.39, 0.29) is 10.6 Å². The second kappa shape index (κ2) is 7.24. The Morgan fingerprint density at radius 1 is 1.13 bits per heavy atom. The maximum Gasteiger partial charge on any atom is 0.340 e. The molecule has 4 nitrogen and oxygen atoms in total. The largest absolute Gasteiger partial charge is 0.452 e. The minimum atomic E-state index is -0.787. The van der Waals surface area contributed by atoms with E-state index < -0.39 is 24.3 Å². The smallest absolute Gasteiger partial charge is 0.340 e. The topological polar surface area (TPSA) is 55.4 Å². The van der Waals surface area contributed by atoms with Gasteiger partial charge in [0, 0.05) is 5.69 Å². The molecule has 2 aromatic carbocycles. The number of carbonyl (C=O) groups is 2. The second-order valence-electron chi connectivity index (χ2n) is 5.05. The molecule has 23 heavy (non-hydrogen) atoms. The van der Waals surface area contributed by atoms with Crippen molar-refractivity contribution in [1.82, 2.24) is 0 Å². The Bertz CT molecular complexity index is 761. The minimum Gasteiger partial charge on any atom is -0.452 e. The highest BCUT2D eigenvalue weighted by molar-refractivity contribution is 6.33. The van der Waals surface area contributed by atoms with Crippen LogP contribution in [0.1, 0.15) is 21.5 Å². The summed E-state index contributed by atoms with van der Waals surface area (Å²) >= 11 is 5.76. The average molecular weight is 336 g/mol. The molecule has 0 aromatic heterocycles. The normalized spacial score (nSPS) is 10.3. The molecule has 0 saturated heterocycles. The first kappa shape index (κ1) is 17.0. The summed E-state index contributed by atoms with van der Waals surface area (Å²) in [4.78, 5) is 23.6. The van der Waals surface area contributed by atoms with Gasteiger partial charge in [0.25, 0.3) is 5.91 Å². The summed E-state index contributed by atoms with van der Waals surface area (Å²) in [6.07, 6.45) is 0. The van der Waals surface area contributed by atoms with Crippen LogP contribution in [-0.4, -0.2) is 18.5 Å². The molecular weight excluding hydrogens is 321 g/mol. The van der Waals surface area contributed by atoms with Crippen molar-refractivity contribution in [3.8, 4) is 0 Å². The van der Waals surface area contributed by atoms with Crippen LogP contribution in [0.15, 0.2) is 36.4 Å². The van der Waals surface area contributed by atoms with Gasteiger partial charge in [-0.1, -0.05) is 17.7 Å². The van der Waals surface area contributed by atoms with Crippen molar-refractivity contribution >= 4 is 29.2 Å². The van der Waals surface area contributed by atoms with Gasteiger partial charge in [0.2, 0.25) is 0 Å². The fourth-order valence-corrected chi connectivity index (χ4v) is 2.12. The number of benzene rings is 2. The molecule has 120 valence electrons. The number of nitrogens with one attached hydrogen (secondary N) is 1. The number of halogens is 2. The van der Waals surface area contributed by atoms with E-state index in [0.717, 1.165) is 23.3 Å². The number of esters is 1. The third-order valence-corrected chi connectivity index (χ3v) is 3.59. The van der Waals surface area contributed by atoms with Crippen molar-refractivity contribution in [2.75, 3.05) is 11.9 Å². The van der Waals surface area contributed by atoms with Crippen molar-refractivity contribution in [3.63, 3.8) is 0 Å². The molecule has 0 aliphatic heterocycles. The number of hydrogen-bond donors (Lipinski definition) is 1. The zero-order valence-corrected chi connectivity index (χ0v) is 13.4. The van der Waals surface area contributed by atoms with E-state index in [1.165, 1.54) is 6.07 Å². The van der Waals surface area contributed by atoms with E-state index in [4.69, 9.17) is 16.3 Å². The van der Waals surface area contributed by atoms with E-state index >= 15 is 0 Å². The van der Waals surface area contributed by atoms with Gasteiger partial charge in [0.05, 0.1) is 10.6 Å². The number of carbonyl (C=O) groups excluding carboxylic acids is 2. The van der Waals surface area contributed by atoms with Crippen LogP contribution >= 0.6 is 11.6 Å². The molecule has 0 fully saturated rings. The lowest BCUT2D eigenvalue weighted by Gasteiger charge is -2.09. The van der Waals surface area contributed by atoms with Gasteiger partial charge in [0.15, 0.2) is 6.61 Å². The predicted octanol–water partition coefficient (Wildman–Crippen LogP) is 3.89. The van der Waals surface area contributed by atoms with Gasteiger partial charge < -0.3 is 10.1 Å². The highest BCUT2D eigenvalue weighted by Gasteiger charge is 2.14. The molecule has 0 saturated carbocycles. The Kier molecular flexibility index (Phi) is 5.34. The van der Waals surface area contributed by atoms with Crippen LogP contribution in [0.5, 0.6) is 0 Å². The Morgan fingerprint density at radius 2 is 1.87 bits per heavy atom. The Hall–Kier alpha value is -2.40. The summed E-state index contributed by atoms with van der Waals surface area (Å²) < 4.78 is 17.8. The van der Waals surface area contributed by atoms with Gasteiger partial charge in [-0.3, -0.25) is 4.79 Å². The summed E-state index contributed by atoms with van der Waals surface area (Å²) in [7, 11) is 0. The van der Waals surface area contributed by atoms with Crippen LogP contribution in [0, 0.1) is 19.7 Å². The number of ether oxygens (including phenoxy) is 1. The van der Waals surface area contributed by atoms with Crippen LogP contribution in [0.3, 0.4) is 0 Å². The number of hydrogen-bond acceptors (Lipinski definition) is 3. The predicted molar refractivity (Wildman–Crippen MR) is 86.2 cm³/mol. The lowest BCUT2D eigenvalue weighted by atomic mass is 10.1. The molecule has 0 bridgehead atoms. The molecule has 0 spiro atoms. The second-order valence-corrected chi connectivity index (χ2v) is 5.45. The molecule has 0 aliphatic rings. The van der Waals surface area contributed by atoms with Crippen molar-refractivity contribution in [2.24, 2.45) is 0 Å². The molecule has 6 heteroatoms. The van der Waals surface area contributed by atoms with Gasteiger partial charge in [0.1, 0.15) is 5.82 Å². The maximum absolute atomic E-state index is 12.9. The number of rotatable bonds is 4. The molecule has 0 atom stereocenters. The lowest BCUT2D eigenvalue weighted by Crippen LogP contribution is -2.21. The van der Waals surface area contributed by atoms with Crippen molar-refractivity contribution in [2.45, 2.75) is 13.8 Å². The Balaban J connectivity index is 1.93. The maximum atomic E-state index is 12.9. The van der Waals surface area contributed by atoms with Crippen molar-refractivity contribution in [3.05, 3.63) is 63.9 Å². The van der Waals surface area contributed by atoms with Gasteiger partial charge >= 0.3 is 5.97 Å². The standard InChI is InChI=1S/C17H15ClFNO3/c1-10-3-5-13(7-11(10)2)20-16(21)9-23-17(22)14-6-4-12(19)8-15(14)18/h3-8H,9H2,1-2H3,(H,20,21). The molecule has 0 aliphatic carbocycles. The van der Waals surface area contributed by atoms with Gasteiger partial charge in [-0.2, -0.15) is 0 Å². The van der Waals surface area contributed by atoms with E-state index in [0.29, 0.717) is 5.69 Å². The molecule has 2 rings (SSSR count). The molecule has 0 heterocycles. The molecule has 0 radical (unpaired) electrons. The summed E-state index contributed by atoms with van der Waals surface area (Å²) in [6, 6.07) is 8.78. The van der Waals surface area contributed by atoms with E-state index in [1.807, 2.05) is 26.0 Å². The van der Waals surface area contributed by atoms with Crippen LogP contribution < -0.4 is 5.32 Å². The summed E-state index contributed by atoms with van der Waals surface area (Å²) in [5.41, 5.74) is 2.78. The SMILES string of the molecule is Cc1ccc(NC(=O)COC(=O)c2ccc(F)cc2Cl)cc1C. The van der Waals surface area contributed by atoms with Crippen LogP contribution in [0.25, 0.3) is 0 Å². The van der Waals surface area contributed by atoms with Crippen LogP contribution in [0.4, 0.5) is 10.1 Å². The van der Waals surface area contributed by atoms with Crippen molar-refractivity contribution in [1.29, 1.82) is 0 Å². The van der Waals surface area contributed by atoms with Gasteiger partial charge in [-0.05, 0) is 55.3 Å². The molecular formula is C17H15ClFNO3. The fourth-order valence-electron chi connectivity index (χ4n) is 1.88. The monoisotopic (exact) mass is 335 g/mol. The minimum absolute atomic E-state index is 0.00653. The van der Waals surface area contributed by atoms with E-state index in [1.54, 1.807) is 6.07 Å². The zero-order valence-electron chi connectivity index (χ0n) is 12.7. The first-order valence-electron chi connectivity index (χ1n) is 6.86. The third-order valence-electron chi connectivity index (χ3n) is 3.28. The van der Waals surface area contributed by atoms with E-state index in [9.17, 15) is 14.0 Å². The first-order valence-corrected chi connectivity index (χ1v) is 7.24. The lowest BCUT2D eigenvalue weighted by molar-refractivity contribution is -0.119. The van der Waals surface area contributed by atoms with E-state index in [2.05, 4.69) is 5.32 Å². The molecule has 1 N–H and O–H groups in total. The number of amides is 1. The Morgan fingerprint density at radius 3 is 2.52 bits per heavy atom. The zero-order chi connectivity index (χ0) is 17.0. The highest BCUT2D eigenvalue weighted by atomic mass is 35.5. The summed E-state index contributed by atoms with van der Waals surface area (Å²) in [6.45, 7) is 3.44. The van der Waals surface area contributed by atoms with Crippen LogP contribution in [0.2, 0.25) is 5.02 Å². The van der Waals surface area contributed by atoms with Crippen LogP contribution in [-0.2, 0) is 9.53 Å². The highest BCUT2D eigenvalue weighted by Crippen LogP contribution is 2.18. The third kappa shape index (κ3) is 4.53. The Labute approximate surface area is 138 Å². The molecule has 2 aromatic rings. The summed E-state index contributed by atoms with van der Waals surface area (Å²) in [5, 5.41) is 2.57.